The molecule has 1 aliphatic heterocycles. The van der Waals surface area contributed by atoms with E-state index in [2.05, 4.69) is 28.5 Å². The maximum absolute atomic E-state index is 4.65. The molecule has 1 nitrogen and oxygen atoms in total. The van der Waals surface area contributed by atoms with Gasteiger partial charge in [0.2, 0.25) is 0 Å². The van der Waals surface area contributed by atoms with Crippen molar-refractivity contribution in [3.05, 3.63) is 0 Å². The van der Waals surface area contributed by atoms with Gasteiger partial charge in [0, 0.05) is 0 Å². The average Bonchev–Trinajstić information content (AvgIpc) is 1.76. The van der Waals surface area contributed by atoms with Gasteiger partial charge in [0.05, 0.1) is 24.5 Å². The van der Waals surface area contributed by atoms with Crippen LogP contribution in [0.1, 0.15) is 0 Å². The fourth-order valence-electron chi connectivity index (χ4n) is 0.0298. The van der Waals surface area contributed by atoms with E-state index in [1.807, 2.05) is 0 Å². The maximum atomic E-state index is 4.65. The van der Waals surface area contributed by atoms with Crippen LogP contribution in [-0.2, 0) is 3.97 Å². The molecule has 1 heterocycles. The lowest BCUT2D eigenvalue weighted by Gasteiger charge is -1.59. The standard InChI is InChI=1S/H2OPS3/c3-2(4)1-5-2/h3-4H/q+1. The van der Waals surface area contributed by atoms with Crippen molar-refractivity contribution in [3.8, 4) is 0 Å². The molecule has 0 atom stereocenters. The van der Waals surface area contributed by atoms with Gasteiger partial charge in [0.15, 0.2) is 0 Å². The minimum absolute atomic E-state index is 1.33. The molecule has 0 aromatic carbocycles. The molecule has 0 N–H and O–H groups in total. The molecular formula is H2OPS3+. The highest BCUT2D eigenvalue weighted by Gasteiger charge is 2.56. The van der Waals surface area contributed by atoms with Gasteiger partial charge < -0.3 is 0 Å². The van der Waals surface area contributed by atoms with Gasteiger partial charge in [-0.3, -0.25) is 0 Å². The molecule has 5 heavy (non-hydrogen) atoms. The fourth-order valence-corrected chi connectivity index (χ4v) is 2.41. The van der Waals surface area contributed by atoms with Crippen molar-refractivity contribution >= 4 is 41.3 Å². The van der Waals surface area contributed by atoms with Crippen molar-refractivity contribution in [1.29, 1.82) is 0 Å². The Bertz CT molecular complexity index is 44.9. The van der Waals surface area contributed by atoms with Gasteiger partial charge in [-0.1, -0.05) is 3.97 Å². The number of thiol groups is 2. The van der Waals surface area contributed by atoms with Crippen LogP contribution in [0.4, 0.5) is 0 Å². The van der Waals surface area contributed by atoms with Crippen LogP contribution in [-0.4, -0.2) is 0 Å². The minimum atomic E-state index is -1.33. The molecule has 0 aliphatic carbocycles. The van der Waals surface area contributed by atoms with Gasteiger partial charge in [0.1, 0.15) is 0 Å². The van der Waals surface area contributed by atoms with Crippen LogP contribution in [0.25, 0.3) is 0 Å². The predicted octanol–water partition coefficient (Wildman–Crippen LogP) is 2.20. The highest BCUT2D eigenvalue weighted by Crippen LogP contribution is 2.96. The van der Waals surface area contributed by atoms with E-state index < -0.39 is 5.10 Å². The van der Waals surface area contributed by atoms with Crippen LogP contribution in [0.5, 0.6) is 0 Å². The highest BCUT2D eigenvalue weighted by molar-refractivity contribution is 9.17. The van der Waals surface area contributed by atoms with E-state index >= 15 is 0 Å². The van der Waals surface area contributed by atoms with Crippen LogP contribution in [0.2, 0.25) is 0 Å². The molecule has 0 saturated carbocycles. The summed E-state index contributed by atoms with van der Waals surface area (Å²) in [6, 6.07) is 0. The molecule has 0 amide bonds. The zero-order chi connectivity index (χ0) is 3.91. The zero-order valence-corrected chi connectivity index (χ0v) is 5.66. The van der Waals surface area contributed by atoms with Crippen molar-refractivity contribution in [2.45, 2.75) is 0 Å². The zero-order valence-electron chi connectivity index (χ0n) is 2.16. The summed E-state index contributed by atoms with van der Waals surface area (Å²) < 4.78 is 4.65. The molecule has 0 bridgehead atoms. The first kappa shape index (κ1) is 4.60. The molecule has 1 fully saturated rings. The lowest BCUT2D eigenvalue weighted by atomic mass is 15.9. The van der Waals surface area contributed by atoms with Gasteiger partial charge in [-0.2, -0.15) is 0 Å². The summed E-state index contributed by atoms with van der Waals surface area (Å²) in [5.41, 5.74) is 0. The van der Waals surface area contributed by atoms with Gasteiger partial charge in [-0.15, -0.1) is 0 Å². The molecule has 0 unspecified atom stereocenters. The number of hydrogen-bond acceptors (Lipinski definition) is 4. The Hall–Kier alpha value is 1.44. The molecule has 5 heteroatoms. The SMILES string of the molecule is S[P+]1(S)OS1. The molecule has 1 saturated heterocycles. The van der Waals surface area contributed by atoms with E-state index in [0.717, 1.165) is 0 Å². The topological polar surface area (TPSA) is 12.5 Å². The second kappa shape index (κ2) is 1.20. The quantitative estimate of drug-likeness (QED) is 0.235. The number of hydrogen-bond donors (Lipinski definition) is 2. The molecule has 0 aromatic rings. The smallest absolute Gasteiger partial charge is 0.0859 e. The Balaban J connectivity index is 2.38. The van der Waals surface area contributed by atoms with Crippen molar-refractivity contribution in [2.75, 3.05) is 0 Å². The summed E-state index contributed by atoms with van der Waals surface area (Å²) in [5, 5.41) is -1.33. The monoisotopic (exact) mass is 145 g/mol. The van der Waals surface area contributed by atoms with E-state index in [4.69, 9.17) is 0 Å². The third-order valence-corrected chi connectivity index (χ3v) is 4.27. The van der Waals surface area contributed by atoms with Gasteiger partial charge in [-0.05, 0) is 0 Å². The Labute approximate surface area is 45.5 Å². The lowest BCUT2D eigenvalue weighted by molar-refractivity contribution is 0.809. The predicted molar refractivity (Wildman–Crippen MR) is 33.6 cm³/mol. The van der Waals surface area contributed by atoms with Crippen molar-refractivity contribution in [1.82, 2.24) is 0 Å². The summed E-state index contributed by atoms with van der Waals surface area (Å²) >= 11 is 9.26. The van der Waals surface area contributed by atoms with Gasteiger partial charge in [0.25, 0.3) is 11.7 Å². The third kappa shape index (κ3) is 1.55. The lowest BCUT2D eigenvalue weighted by Crippen LogP contribution is -1.16. The van der Waals surface area contributed by atoms with E-state index in [1.54, 1.807) is 0 Å². The molecular weight excluding hydrogens is 143 g/mol. The Morgan fingerprint density at radius 1 is 1.60 bits per heavy atom. The normalized spacial score (nSPS) is 30.0. The average molecular weight is 145 g/mol. The maximum Gasteiger partial charge on any atom is 0.370 e. The first-order chi connectivity index (χ1) is 2.21. The number of rotatable bonds is 0. The molecule has 1 aliphatic rings. The molecule has 1 rings (SSSR count). The van der Waals surface area contributed by atoms with E-state index in [0.29, 0.717) is 0 Å². The van der Waals surface area contributed by atoms with Crippen LogP contribution < -0.4 is 0 Å². The first-order valence-corrected chi connectivity index (χ1v) is 6.29. The van der Waals surface area contributed by atoms with Crippen molar-refractivity contribution in [3.63, 3.8) is 0 Å². The second-order valence-corrected chi connectivity index (χ2v) is 10.3. The molecule has 0 spiro atoms. The van der Waals surface area contributed by atoms with Crippen LogP contribution in [0, 0.1) is 0 Å². The molecule has 0 aromatic heterocycles. The van der Waals surface area contributed by atoms with E-state index in [9.17, 15) is 0 Å². The summed E-state index contributed by atoms with van der Waals surface area (Å²) in [7, 11) is 0. The summed E-state index contributed by atoms with van der Waals surface area (Å²) in [4.78, 5) is 0. The third-order valence-electron chi connectivity index (χ3n) is 0.208. The Kier molecular flexibility index (Phi) is 1.11. The van der Waals surface area contributed by atoms with Crippen LogP contribution >= 0.6 is 41.3 Å². The van der Waals surface area contributed by atoms with Crippen molar-refractivity contribution in [2.24, 2.45) is 0 Å². The second-order valence-electron chi connectivity index (χ2n) is 0.640. The Morgan fingerprint density at radius 2 is 1.80 bits per heavy atom. The van der Waals surface area contributed by atoms with Gasteiger partial charge >= 0.3 is 5.10 Å². The summed E-state index contributed by atoms with van der Waals surface area (Å²) in [6.45, 7) is 0. The summed E-state index contributed by atoms with van der Waals surface area (Å²) in [6.07, 6.45) is 0. The van der Waals surface area contributed by atoms with Crippen LogP contribution in [0.15, 0.2) is 0 Å². The summed E-state index contributed by atoms with van der Waals surface area (Å²) in [5.74, 6) is 0. The van der Waals surface area contributed by atoms with E-state index in [-0.39, 0.29) is 0 Å². The fraction of sp³-hybridized carbons (Fsp3) is 0. The van der Waals surface area contributed by atoms with Gasteiger partial charge in [-0.25, -0.2) is 0 Å². The largest absolute Gasteiger partial charge is 0.370 e. The van der Waals surface area contributed by atoms with E-state index in [1.165, 1.54) is 11.7 Å². The Morgan fingerprint density at radius 3 is 1.80 bits per heavy atom. The molecule has 30 valence electrons. The molecule has 0 radical (unpaired) electrons. The first-order valence-electron chi connectivity index (χ1n) is 0.932. The van der Waals surface area contributed by atoms with Crippen LogP contribution in [0.3, 0.4) is 0 Å². The minimum Gasteiger partial charge on any atom is -0.0859 e. The highest BCUT2D eigenvalue weighted by atomic mass is 33.4. The van der Waals surface area contributed by atoms with Crippen molar-refractivity contribution < 1.29 is 3.97 Å².